The van der Waals surface area contributed by atoms with E-state index in [0.717, 1.165) is 5.76 Å². The summed E-state index contributed by atoms with van der Waals surface area (Å²) in [4.78, 5) is 4.10. The minimum atomic E-state index is 0.562. The molecule has 2 heterocycles. The zero-order chi connectivity index (χ0) is 9.80. The molecule has 0 aliphatic heterocycles. The van der Waals surface area contributed by atoms with Crippen molar-refractivity contribution in [3.05, 3.63) is 24.2 Å². The molecule has 0 unspecified atom stereocenters. The average Bonchev–Trinajstić information content (AvgIpc) is 2.86. The summed E-state index contributed by atoms with van der Waals surface area (Å²) in [7, 11) is 1.76. The topological polar surface area (TPSA) is 78.8 Å². The Morgan fingerprint density at radius 3 is 3.14 bits per heavy atom. The minimum Gasteiger partial charge on any atom is -0.467 e. The van der Waals surface area contributed by atoms with Crippen molar-refractivity contribution >= 4 is 11.9 Å². The van der Waals surface area contributed by atoms with Crippen LogP contribution in [0.5, 0.6) is 0 Å². The molecule has 2 aromatic rings. The zero-order valence-corrected chi connectivity index (χ0v) is 7.74. The van der Waals surface area contributed by atoms with Gasteiger partial charge in [-0.2, -0.15) is 4.98 Å². The Morgan fingerprint density at radius 2 is 2.50 bits per heavy atom. The fourth-order valence-corrected chi connectivity index (χ4v) is 1.04. The predicted octanol–water partition coefficient (Wildman–Crippen LogP) is 1.05. The van der Waals surface area contributed by atoms with Gasteiger partial charge in [0.2, 0.25) is 11.9 Å². The molecule has 0 radical (unpaired) electrons. The molecule has 3 N–H and O–H groups in total. The lowest BCUT2D eigenvalue weighted by atomic mass is 10.4. The highest BCUT2D eigenvalue weighted by molar-refractivity contribution is 5.33. The van der Waals surface area contributed by atoms with E-state index in [1.54, 1.807) is 13.3 Å². The van der Waals surface area contributed by atoms with E-state index in [-0.39, 0.29) is 0 Å². The summed E-state index contributed by atoms with van der Waals surface area (Å²) in [5.41, 5.74) is 0. The molecule has 0 aliphatic rings. The van der Waals surface area contributed by atoms with Crippen molar-refractivity contribution < 1.29 is 4.42 Å². The lowest BCUT2D eigenvalue weighted by molar-refractivity contribution is 0.517. The molecule has 74 valence electrons. The van der Waals surface area contributed by atoms with Crippen LogP contribution in [0.4, 0.5) is 11.9 Å². The van der Waals surface area contributed by atoms with Crippen molar-refractivity contribution in [3.63, 3.8) is 0 Å². The first-order chi connectivity index (χ1) is 6.88. The molecule has 0 fully saturated rings. The van der Waals surface area contributed by atoms with Gasteiger partial charge in [-0.05, 0) is 12.1 Å². The second-order valence-electron chi connectivity index (χ2n) is 2.69. The van der Waals surface area contributed by atoms with Gasteiger partial charge in [-0.15, -0.1) is 5.10 Å². The summed E-state index contributed by atoms with van der Waals surface area (Å²) >= 11 is 0. The normalized spacial score (nSPS) is 10.1. The van der Waals surface area contributed by atoms with E-state index in [0.29, 0.717) is 18.4 Å². The standard InChI is InChI=1S/C8H11N5O/c1-9-7-11-8(13-12-7)10-5-6-3-2-4-14-6/h2-4H,5H2,1H3,(H3,9,10,11,12,13). The van der Waals surface area contributed by atoms with Crippen molar-refractivity contribution in [1.82, 2.24) is 15.2 Å². The Hall–Kier alpha value is -1.98. The highest BCUT2D eigenvalue weighted by Gasteiger charge is 2.00. The molecule has 0 saturated carbocycles. The number of aromatic nitrogens is 3. The smallest absolute Gasteiger partial charge is 0.243 e. The van der Waals surface area contributed by atoms with Gasteiger partial charge in [0.25, 0.3) is 0 Å². The van der Waals surface area contributed by atoms with E-state index in [4.69, 9.17) is 4.42 Å². The maximum Gasteiger partial charge on any atom is 0.243 e. The summed E-state index contributed by atoms with van der Waals surface area (Å²) in [6, 6.07) is 3.73. The molecule has 14 heavy (non-hydrogen) atoms. The van der Waals surface area contributed by atoms with Gasteiger partial charge in [0.1, 0.15) is 5.76 Å². The number of hydrogen-bond acceptors (Lipinski definition) is 5. The Bertz CT molecular complexity index is 380. The third-order valence-electron chi connectivity index (χ3n) is 1.72. The van der Waals surface area contributed by atoms with Crippen LogP contribution in [0.2, 0.25) is 0 Å². The zero-order valence-electron chi connectivity index (χ0n) is 7.74. The molecule has 6 nitrogen and oxygen atoms in total. The number of nitrogens with one attached hydrogen (secondary N) is 3. The third kappa shape index (κ3) is 1.85. The van der Waals surface area contributed by atoms with Crippen molar-refractivity contribution in [3.8, 4) is 0 Å². The number of aromatic amines is 1. The summed E-state index contributed by atoms with van der Waals surface area (Å²) in [5, 5.41) is 12.5. The quantitative estimate of drug-likeness (QED) is 0.676. The third-order valence-corrected chi connectivity index (χ3v) is 1.72. The molecule has 2 rings (SSSR count). The number of anilines is 2. The van der Waals surface area contributed by atoms with Gasteiger partial charge < -0.3 is 15.1 Å². The molecule has 0 saturated heterocycles. The Kier molecular flexibility index (Phi) is 2.35. The lowest BCUT2D eigenvalue weighted by Gasteiger charge is -1.97. The van der Waals surface area contributed by atoms with E-state index >= 15 is 0 Å². The fourth-order valence-electron chi connectivity index (χ4n) is 1.04. The van der Waals surface area contributed by atoms with Crippen LogP contribution in [0, 0.1) is 0 Å². The molecule has 6 heteroatoms. The van der Waals surface area contributed by atoms with Crippen LogP contribution in [-0.2, 0) is 6.54 Å². The monoisotopic (exact) mass is 193 g/mol. The fraction of sp³-hybridized carbons (Fsp3) is 0.250. The van der Waals surface area contributed by atoms with Crippen LogP contribution in [-0.4, -0.2) is 22.2 Å². The van der Waals surface area contributed by atoms with Crippen LogP contribution < -0.4 is 10.6 Å². The Morgan fingerprint density at radius 1 is 1.57 bits per heavy atom. The van der Waals surface area contributed by atoms with Crippen LogP contribution in [0.1, 0.15) is 5.76 Å². The summed E-state index contributed by atoms with van der Waals surface area (Å²) in [6.07, 6.45) is 1.64. The maximum atomic E-state index is 5.15. The highest BCUT2D eigenvalue weighted by Crippen LogP contribution is 2.05. The Labute approximate surface area is 80.7 Å². The first-order valence-corrected chi connectivity index (χ1v) is 4.25. The van der Waals surface area contributed by atoms with Crippen LogP contribution >= 0.6 is 0 Å². The molecule has 0 aromatic carbocycles. The van der Waals surface area contributed by atoms with Crippen LogP contribution in [0.25, 0.3) is 0 Å². The SMILES string of the molecule is CNc1n[nH]c(NCc2ccco2)n1. The number of furan rings is 1. The van der Waals surface area contributed by atoms with Crippen LogP contribution in [0.3, 0.4) is 0 Å². The van der Waals surface area contributed by atoms with E-state index in [9.17, 15) is 0 Å². The van der Waals surface area contributed by atoms with Gasteiger partial charge in [-0.3, -0.25) is 0 Å². The van der Waals surface area contributed by atoms with Gasteiger partial charge in [-0.25, -0.2) is 5.10 Å². The van der Waals surface area contributed by atoms with Gasteiger partial charge in [0.05, 0.1) is 12.8 Å². The Balaban J connectivity index is 1.92. The van der Waals surface area contributed by atoms with Crippen LogP contribution in [0.15, 0.2) is 22.8 Å². The molecular formula is C8H11N5O. The van der Waals surface area contributed by atoms with Gasteiger partial charge in [-0.1, -0.05) is 0 Å². The summed E-state index contributed by atoms with van der Waals surface area (Å²) in [6.45, 7) is 0.589. The highest BCUT2D eigenvalue weighted by atomic mass is 16.3. The number of rotatable bonds is 4. The summed E-state index contributed by atoms with van der Waals surface area (Å²) in [5.74, 6) is 2.03. The van der Waals surface area contributed by atoms with E-state index in [2.05, 4.69) is 25.8 Å². The van der Waals surface area contributed by atoms with E-state index in [1.165, 1.54) is 0 Å². The second-order valence-corrected chi connectivity index (χ2v) is 2.69. The molecule has 0 spiro atoms. The first-order valence-electron chi connectivity index (χ1n) is 4.25. The average molecular weight is 193 g/mol. The number of nitrogens with zero attached hydrogens (tertiary/aromatic N) is 2. The molecule has 0 amide bonds. The largest absolute Gasteiger partial charge is 0.467 e. The van der Waals surface area contributed by atoms with E-state index in [1.807, 2.05) is 12.1 Å². The predicted molar refractivity (Wildman–Crippen MR) is 52.0 cm³/mol. The van der Waals surface area contributed by atoms with Crippen molar-refractivity contribution in [1.29, 1.82) is 0 Å². The second kappa shape index (κ2) is 3.82. The van der Waals surface area contributed by atoms with Crippen molar-refractivity contribution in [2.75, 3.05) is 17.7 Å². The molecule has 2 aromatic heterocycles. The first kappa shape index (κ1) is 8.61. The van der Waals surface area contributed by atoms with E-state index < -0.39 is 0 Å². The molecule has 0 bridgehead atoms. The van der Waals surface area contributed by atoms with Crippen molar-refractivity contribution in [2.24, 2.45) is 0 Å². The number of hydrogen-bond donors (Lipinski definition) is 3. The molecule has 0 aliphatic carbocycles. The molecule has 0 atom stereocenters. The van der Waals surface area contributed by atoms with Gasteiger partial charge >= 0.3 is 0 Å². The van der Waals surface area contributed by atoms with Gasteiger partial charge in [0, 0.05) is 7.05 Å². The molecular weight excluding hydrogens is 182 g/mol. The lowest BCUT2D eigenvalue weighted by Crippen LogP contribution is -1.99. The number of H-pyrrole nitrogens is 1. The minimum absolute atomic E-state index is 0.562. The summed E-state index contributed by atoms with van der Waals surface area (Å²) < 4.78 is 5.15. The van der Waals surface area contributed by atoms with Gasteiger partial charge in [0.15, 0.2) is 0 Å². The maximum absolute atomic E-state index is 5.15. The van der Waals surface area contributed by atoms with Crippen molar-refractivity contribution in [2.45, 2.75) is 6.54 Å².